The fourth-order valence-electron chi connectivity index (χ4n) is 2.59. The summed E-state index contributed by atoms with van der Waals surface area (Å²) in [6.45, 7) is 7.85. The topological polar surface area (TPSA) is 73.6 Å². The van der Waals surface area contributed by atoms with Crippen molar-refractivity contribution in [2.45, 2.75) is 6.54 Å². The Morgan fingerprint density at radius 3 is 2.32 bits per heavy atom. The van der Waals surface area contributed by atoms with E-state index in [0.717, 1.165) is 39.3 Å². The van der Waals surface area contributed by atoms with E-state index in [2.05, 4.69) is 50.8 Å². The molecular formula is C16H27N5O. The van der Waals surface area contributed by atoms with E-state index in [1.54, 1.807) is 0 Å². The van der Waals surface area contributed by atoms with Crippen LogP contribution in [0.15, 0.2) is 30.3 Å². The number of carbonyl (C=O) groups is 1. The first-order valence-corrected chi connectivity index (χ1v) is 7.98. The van der Waals surface area contributed by atoms with Gasteiger partial charge in [0.2, 0.25) is 0 Å². The van der Waals surface area contributed by atoms with E-state index in [1.807, 2.05) is 0 Å². The maximum atomic E-state index is 11.4. The van der Waals surface area contributed by atoms with E-state index < -0.39 is 0 Å². The van der Waals surface area contributed by atoms with Crippen LogP contribution >= 0.6 is 0 Å². The molecule has 122 valence electrons. The van der Waals surface area contributed by atoms with Crippen LogP contribution in [0.25, 0.3) is 0 Å². The van der Waals surface area contributed by atoms with Gasteiger partial charge in [-0.2, -0.15) is 0 Å². The lowest BCUT2D eigenvalue weighted by Crippen LogP contribution is -2.48. The summed E-state index contributed by atoms with van der Waals surface area (Å²) in [7, 11) is 0. The van der Waals surface area contributed by atoms with E-state index in [-0.39, 0.29) is 6.03 Å². The second-order valence-corrected chi connectivity index (χ2v) is 5.57. The largest absolute Gasteiger partial charge is 0.337 e. The van der Waals surface area contributed by atoms with Gasteiger partial charge in [-0.15, -0.1) is 0 Å². The Kier molecular flexibility index (Phi) is 7.15. The summed E-state index contributed by atoms with van der Waals surface area (Å²) in [5, 5.41) is 5.56. The number of benzene rings is 1. The molecule has 1 aromatic carbocycles. The van der Waals surface area contributed by atoms with E-state index in [4.69, 9.17) is 5.73 Å². The van der Waals surface area contributed by atoms with Crippen LogP contribution < -0.4 is 16.4 Å². The summed E-state index contributed by atoms with van der Waals surface area (Å²) in [5.41, 5.74) is 6.70. The summed E-state index contributed by atoms with van der Waals surface area (Å²) < 4.78 is 0. The van der Waals surface area contributed by atoms with Gasteiger partial charge in [0.1, 0.15) is 0 Å². The van der Waals surface area contributed by atoms with Crippen molar-refractivity contribution in [1.82, 2.24) is 20.4 Å². The number of carbonyl (C=O) groups excluding carboxylic acids is 1. The van der Waals surface area contributed by atoms with Crippen LogP contribution in [0, 0.1) is 0 Å². The van der Waals surface area contributed by atoms with Crippen molar-refractivity contribution in [2.75, 3.05) is 52.4 Å². The van der Waals surface area contributed by atoms with Crippen molar-refractivity contribution in [3.05, 3.63) is 35.9 Å². The number of hydrogen-bond acceptors (Lipinski definition) is 4. The molecule has 0 atom stereocenters. The van der Waals surface area contributed by atoms with Crippen LogP contribution in [0.3, 0.4) is 0 Å². The highest BCUT2D eigenvalue weighted by Crippen LogP contribution is 2.07. The smallest absolute Gasteiger partial charge is 0.314 e. The number of rotatable bonds is 7. The second-order valence-electron chi connectivity index (χ2n) is 5.57. The van der Waals surface area contributed by atoms with Crippen molar-refractivity contribution in [2.24, 2.45) is 5.73 Å². The predicted molar refractivity (Wildman–Crippen MR) is 88.6 cm³/mol. The Labute approximate surface area is 132 Å². The molecule has 2 amide bonds. The molecule has 4 N–H and O–H groups in total. The zero-order valence-corrected chi connectivity index (χ0v) is 13.1. The van der Waals surface area contributed by atoms with E-state index >= 15 is 0 Å². The van der Waals surface area contributed by atoms with Gasteiger partial charge in [0.15, 0.2) is 0 Å². The lowest BCUT2D eigenvalue weighted by Gasteiger charge is -2.34. The van der Waals surface area contributed by atoms with Gasteiger partial charge < -0.3 is 16.4 Å². The third-order valence-corrected chi connectivity index (χ3v) is 3.86. The normalized spacial score (nSPS) is 16.4. The highest BCUT2D eigenvalue weighted by atomic mass is 16.2. The fraction of sp³-hybridized carbons (Fsp3) is 0.562. The van der Waals surface area contributed by atoms with Gasteiger partial charge in [-0.05, 0) is 5.56 Å². The summed E-state index contributed by atoms with van der Waals surface area (Å²) in [6.07, 6.45) is 0. The molecule has 1 saturated heterocycles. The zero-order chi connectivity index (χ0) is 15.6. The number of nitrogens with two attached hydrogens (primary N) is 1. The molecule has 1 aromatic rings. The third-order valence-electron chi connectivity index (χ3n) is 3.86. The lowest BCUT2D eigenvalue weighted by molar-refractivity contribution is 0.128. The van der Waals surface area contributed by atoms with Crippen molar-refractivity contribution >= 4 is 6.03 Å². The Balaban J connectivity index is 1.58. The maximum Gasteiger partial charge on any atom is 0.314 e. The first kappa shape index (κ1) is 16.7. The number of nitrogens with one attached hydrogen (secondary N) is 2. The summed E-state index contributed by atoms with van der Waals surface area (Å²) in [6, 6.07) is 10.5. The molecule has 0 spiro atoms. The van der Waals surface area contributed by atoms with E-state index in [9.17, 15) is 4.79 Å². The quantitative estimate of drug-likeness (QED) is 0.666. The molecule has 0 bridgehead atoms. The molecule has 1 fully saturated rings. The van der Waals surface area contributed by atoms with Crippen molar-refractivity contribution in [1.29, 1.82) is 0 Å². The first-order valence-electron chi connectivity index (χ1n) is 7.98. The number of urea groups is 1. The number of amides is 2. The zero-order valence-electron chi connectivity index (χ0n) is 13.1. The Morgan fingerprint density at radius 2 is 1.64 bits per heavy atom. The molecule has 1 aliphatic heterocycles. The van der Waals surface area contributed by atoms with Gasteiger partial charge >= 0.3 is 6.03 Å². The van der Waals surface area contributed by atoms with Gasteiger partial charge in [-0.1, -0.05) is 30.3 Å². The average Bonchev–Trinajstić information content (AvgIpc) is 2.55. The SMILES string of the molecule is NCCNC(=O)NCCN1CCN(Cc2ccccc2)CC1. The standard InChI is InChI=1S/C16H27N5O/c17-6-7-18-16(22)19-8-9-20-10-12-21(13-11-20)14-15-4-2-1-3-5-15/h1-5H,6-14,17H2,(H2,18,19,22). The van der Waals surface area contributed by atoms with Crippen LogP contribution in [-0.4, -0.2) is 68.2 Å². The molecule has 22 heavy (non-hydrogen) atoms. The Hall–Kier alpha value is -1.63. The Bertz CT molecular complexity index is 431. The predicted octanol–water partition coefficient (Wildman–Crippen LogP) is 0.0621. The highest BCUT2D eigenvalue weighted by molar-refractivity contribution is 5.73. The minimum Gasteiger partial charge on any atom is -0.337 e. The maximum absolute atomic E-state index is 11.4. The lowest BCUT2D eigenvalue weighted by atomic mass is 10.2. The van der Waals surface area contributed by atoms with Crippen LogP contribution in [0.4, 0.5) is 4.79 Å². The Morgan fingerprint density at radius 1 is 1.00 bits per heavy atom. The van der Waals surface area contributed by atoms with E-state index in [0.29, 0.717) is 19.6 Å². The number of piperazine rings is 1. The summed E-state index contributed by atoms with van der Waals surface area (Å²) >= 11 is 0. The van der Waals surface area contributed by atoms with Crippen molar-refractivity contribution in [3.8, 4) is 0 Å². The highest BCUT2D eigenvalue weighted by Gasteiger charge is 2.16. The van der Waals surface area contributed by atoms with Crippen LogP contribution in [0.1, 0.15) is 5.56 Å². The third kappa shape index (κ3) is 6.01. The van der Waals surface area contributed by atoms with Crippen molar-refractivity contribution < 1.29 is 4.79 Å². The monoisotopic (exact) mass is 305 g/mol. The second kappa shape index (κ2) is 9.40. The van der Waals surface area contributed by atoms with Crippen molar-refractivity contribution in [3.63, 3.8) is 0 Å². The van der Waals surface area contributed by atoms with E-state index in [1.165, 1.54) is 5.56 Å². The van der Waals surface area contributed by atoms with Crippen LogP contribution in [-0.2, 0) is 6.54 Å². The molecule has 6 heteroatoms. The number of nitrogens with zero attached hydrogens (tertiary/aromatic N) is 2. The van der Waals surface area contributed by atoms with Gasteiger partial charge in [0.25, 0.3) is 0 Å². The molecule has 6 nitrogen and oxygen atoms in total. The molecule has 1 heterocycles. The minimum atomic E-state index is -0.131. The summed E-state index contributed by atoms with van der Waals surface area (Å²) in [5.74, 6) is 0. The fourth-order valence-corrected chi connectivity index (χ4v) is 2.59. The summed E-state index contributed by atoms with van der Waals surface area (Å²) in [4.78, 5) is 16.3. The number of hydrogen-bond donors (Lipinski definition) is 3. The molecule has 0 aliphatic carbocycles. The average molecular weight is 305 g/mol. The molecule has 0 aromatic heterocycles. The molecule has 2 rings (SSSR count). The molecule has 0 radical (unpaired) electrons. The molecule has 1 aliphatic rings. The van der Waals surface area contributed by atoms with Crippen LogP contribution in [0.2, 0.25) is 0 Å². The molecule has 0 unspecified atom stereocenters. The van der Waals surface area contributed by atoms with Crippen LogP contribution in [0.5, 0.6) is 0 Å². The van der Waals surface area contributed by atoms with Gasteiger partial charge in [-0.3, -0.25) is 9.80 Å². The minimum absolute atomic E-state index is 0.131. The van der Waals surface area contributed by atoms with Gasteiger partial charge in [0, 0.05) is 58.9 Å². The van der Waals surface area contributed by atoms with Gasteiger partial charge in [0.05, 0.1) is 0 Å². The first-order chi connectivity index (χ1) is 10.8. The molecular weight excluding hydrogens is 278 g/mol. The molecule has 0 saturated carbocycles. The van der Waals surface area contributed by atoms with Gasteiger partial charge in [-0.25, -0.2) is 4.79 Å².